The minimum Gasteiger partial charge on any atom is -0.444 e. The fraction of sp³-hybridized carbons (Fsp3) is 0.333. The standard InChI is InChI=1S/C27H24BrN3O2/c1-27(2,3)33-26(32)31-23-20-21(23)22(20)24(31)25-29-18-9-7-16(12-19(18)30-25)13-4-5-15-11-17(28)8-6-14(15)10-13/h4-12,20-24H,1-3H3,(H,29,30)/t20-,21?,22?,23?,24+/m1/s1. The maximum Gasteiger partial charge on any atom is 0.411 e. The highest BCUT2D eigenvalue weighted by Crippen LogP contribution is 2.81. The number of ether oxygens (including phenoxy) is 1. The van der Waals surface area contributed by atoms with Crippen LogP contribution in [-0.4, -0.2) is 32.6 Å². The Morgan fingerprint density at radius 1 is 0.970 bits per heavy atom. The number of H-pyrrole nitrogens is 1. The topological polar surface area (TPSA) is 58.2 Å². The third-order valence-corrected chi connectivity index (χ3v) is 7.84. The van der Waals surface area contributed by atoms with Gasteiger partial charge in [-0.3, -0.25) is 4.90 Å². The van der Waals surface area contributed by atoms with Crippen molar-refractivity contribution in [1.29, 1.82) is 0 Å². The van der Waals surface area contributed by atoms with E-state index in [1.165, 1.54) is 16.3 Å². The molecule has 4 aliphatic rings. The van der Waals surface area contributed by atoms with E-state index in [0.717, 1.165) is 26.9 Å². The van der Waals surface area contributed by atoms with E-state index in [1.807, 2.05) is 25.7 Å². The fourth-order valence-electron chi connectivity index (χ4n) is 5.81. The predicted octanol–water partition coefficient (Wildman–Crippen LogP) is 6.68. The smallest absolute Gasteiger partial charge is 0.411 e. The number of fused-ring (bicyclic) bond motifs is 3. The van der Waals surface area contributed by atoms with Gasteiger partial charge >= 0.3 is 6.09 Å². The molecule has 3 unspecified atom stereocenters. The number of imidazole rings is 1. The zero-order valence-corrected chi connectivity index (χ0v) is 20.3. The van der Waals surface area contributed by atoms with Crippen LogP contribution in [0.1, 0.15) is 32.6 Å². The van der Waals surface area contributed by atoms with Crippen molar-refractivity contribution in [2.45, 2.75) is 38.5 Å². The predicted molar refractivity (Wildman–Crippen MR) is 132 cm³/mol. The van der Waals surface area contributed by atoms with E-state index >= 15 is 0 Å². The van der Waals surface area contributed by atoms with Crippen LogP contribution >= 0.6 is 15.9 Å². The molecule has 3 aromatic carbocycles. The van der Waals surface area contributed by atoms with E-state index in [0.29, 0.717) is 23.8 Å². The molecule has 166 valence electrons. The second-order valence-electron chi connectivity index (χ2n) is 10.6. The molecule has 4 aromatic rings. The molecule has 3 heterocycles. The maximum atomic E-state index is 12.9. The highest BCUT2D eigenvalue weighted by atomic mass is 79.9. The van der Waals surface area contributed by atoms with Gasteiger partial charge in [0.25, 0.3) is 0 Å². The van der Waals surface area contributed by atoms with Gasteiger partial charge < -0.3 is 9.72 Å². The van der Waals surface area contributed by atoms with Gasteiger partial charge in [0.1, 0.15) is 11.4 Å². The lowest BCUT2D eigenvalue weighted by atomic mass is 10.0. The van der Waals surface area contributed by atoms with Crippen LogP contribution in [0, 0.1) is 17.8 Å². The molecule has 1 N–H and O–H groups in total. The number of amides is 1. The SMILES string of the molecule is CC(C)(C)OC(=O)N1C2C3C([C@@H]32)[C@H]1c1nc2ccc(-c3ccc4cc(Br)ccc4c3)cc2[nH]1. The van der Waals surface area contributed by atoms with Gasteiger partial charge in [-0.25, -0.2) is 9.78 Å². The minimum absolute atomic E-state index is 0.00480. The lowest BCUT2D eigenvalue weighted by Crippen LogP contribution is -2.37. The number of aromatic nitrogens is 2. The molecule has 2 aliphatic carbocycles. The number of aromatic amines is 1. The summed E-state index contributed by atoms with van der Waals surface area (Å²) in [5.74, 6) is 2.70. The van der Waals surface area contributed by atoms with Gasteiger partial charge in [0.05, 0.1) is 17.1 Å². The summed E-state index contributed by atoms with van der Waals surface area (Å²) < 4.78 is 6.80. The summed E-state index contributed by atoms with van der Waals surface area (Å²) in [6.45, 7) is 5.75. The average Bonchev–Trinajstić information content (AvgIpc) is 3.48. The summed E-state index contributed by atoms with van der Waals surface area (Å²) in [6.07, 6.45) is -0.214. The second-order valence-corrected chi connectivity index (χ2v) is 11.5. The number of nitrogens with one attached hydrogen (secondary N) is 1. The molecule has 2 saturated heterocycles. The number of nitrogens with zero attached hydrogens (tertiary/aromatic N) is 2. The van der Waals surface area contributed by atoms with Gasteiger partial charge in [0.15, 0.2) is 0 Å². The van der Waals surface area contributed by atoms with Crippen molar-refractivity contribution in [1.82, 2.24) is 14.9 Å². The molecular formula is C27H24BrN3O2. The summed E-state index contributed by atoms with van der Waals surface area (Å²) in [7, 11) is 0. The minimum atomic E-state index is -0.497. The third-order valence-electron chi connectivity index (χ3n) is 7.35. The number of hydrogen-bond acceptors (Lipinski definition) is 3. The molecule has 1 aromatic heterocycles. The van der Waals surface area contributed by atoms with Crippen molar-refractivity contribution < 1.29 is 9.53 Å². The van der Waals surface area contributed by atoms with Gasteiger partial charge in [-0.05, 0) is 90.8 Å². The van der Waals surface area contributed by atoms with Crippen LogP contribution in [0.4, 0.5) is 4.79 Å². The first-order valence-corrected chi connectivity index (χ1v) is 12.3. The first-order valence-electron chi connectivity index (χ1n) is 11.5. The Morgan fingerprint density at radius 2 is 1.67 bits per heavy atom. The monoisotopic (exact) mass is 501 g/mol. The highest BCUT2D eigenvalue weighted by molar-refractivity contribution is 9.10. The largest absolute Gasteiger partial charge is 0.444 e. The van der Waals surface area contributed by atoms with E-state index in [2.05, 4.69) is 75.5 Å². The number of halogens is 1. The van der Waals surface area contributed by atoms with Crippen LogP contribution in [0.25, 0.3) is 32.9 Å². The molecular weight excluding hydrogens is 478 g/mol. The lowest BCUT2D eigenvalue weighted by Gasteiger charge is -2.27. The summed E-state index contributed by atoms with van der Waals surface area (Å²) in [4.78, 5) is 23.3. The summed E-state index contributed by atoms with van der Waals surface area (Å²) in [5, 5.41) is 2.42. The molecule has 4 fully saturated rings. The second kappa shape index (κ2) is 6.38. The van der Waals surface area contributed by atoms with Crippen LogP contribution in [0.2, 0.25) is 0 Å². The molecule has 5 nitrogen and oxygen atoms in total. The number of carbonyl (C=O) groups excluding carboxylic acids is 1. The Balaban J connectivity index is 1.23. The Labute approximate surface area is 200 Å². The average molecular weight is 502 g/mol. The first kappa shape index (κ1) is 19.6. The third kappa shape index (κ3) is 2.96. The van der Waals surface area contributed by atoms with Crippen LogP contribution in [0.15, 0.2) is 59.1 Å². The van der Waals surface area contributed by atoms with E-state index in [4.69, 9.17) is 9.72 Å². The highest BCUT2D eigenvalue weighted by Gasteiger charge is 2.86. The molecule has 6 heteroatoms. The van der Waals surface area contributed by atoms with Gasteiger partial charge in [-0.1, -0.05) is 40.2 Å². The summed E-state index contributed by atoms with van der Waals surface area (Å²) >= 11 is 3.55. The molecule has 8 rings (SSSR count). The van der Waals surface area contributed by atoms with Gasteiger partial charge in [-0.15, -0.1) is 0 Å². The number of hydrogen-bond donors (Lipinski definition) is 1. The lowest BCUT2D eigenvalue weighted by molar-refractivity contribution is 0.0206. The van der Waals surface area contributed by atoms with E-state index in [-0.39, 0.29) is 12.1 Å². The Hall–Kier alpha value is -2.86. The van der Waals surface area contributed by atoms with Gasteiger partial charge in [-0.2, -0.15) is 0 Å². The molecule has 33 heavy (non-hydrogen) atoms. The molecule has 5 atom stereocenters. The van der Waals surface area contributed by atoms with E-state index in [9.17, 15) is 4.79 Å². The van der Waals surface area contributed by atoms with Crippen LogP contribution in [0.3, 0.4) is 0 Å². The molecule has 0 radical (unpaired) electrons. The molecule has 2 bridgehead atoms. The molecule has 2 aliphatic heterocycles. The number of carbonyl (C=O) groups is 1. The van der Waals surface area contributed by atoms with Crippen molar-refractivity contribution >= 4 is 43.8 Å². The summed E-state index contributed by atoms with van der Waals surface area (Å²) in [6, 6.07) is 19.6. The number of rotatable bonds is 2. The number of piperidine rings is 1. The zero-order valence-electron chi connectivity index (χ0n) is 18.7. The molecule has 2 saturated carbocycles. The van der Waals surface area contributed by atoms with Crippen LogP contribution < -0.4 is 0 Å². The first-order chi connectivity index (χ1) is 15.8. The van der Waals surface area contributed by atoms with Gasteiger partial charge in [0, 0.05) is 10.5 Å². The van der Waals surface area contributed by atoms with Crippen molar-refractivity contribution in [2.24, 2.45) is 17.8 Å². The number of benzene rings is 3. The van der Waals surface area contributed by atoms with Gasteiger partial charge in [0.2, 0.25) is 0 Å². The molecule has 0 spiro atoms. The van der Waals surface area contributed by atoms with Crippen molar-refractivity contribution in [3.63, 3.8) is 0 Å². The Morgan fingerprint density at radius 3 is 2.45 bits per heavy atom. The fourth-order valence-corrected chi connectivity index (χ4v) is 6.19. The van der Waals surface area contributed by atoms with Crippen molar-refractivity contribution in [3.8, 4) is 11.1 Å². The van der Waals surface area contributed by atoms with E-state index < -0.39 is 5.60 Å². The maximum absolute atomic E-state index is 12.9. The normalized spacial score (nSPS) is 27.2. The quantitative estimate of drug-likeness (QED) is 0.333. The van der Waals surface area contributed by atoms with Crippen molar-refractivity contribution in [3.05, 3.63) is 64.9 Å². The molecule has 1 amide bonds. The zero-order chi connectivity index (χ0) is 22.6. The summed E-state index contributed by atoms with van der Waals surface area (Å²) in [5.41, 5.74) is 3.75. The van der Waals surface area contributed by atoms with E-state index in [1.54, 1.807) is 0 Å². The van der Waals surface area contributed by atoms with Crippen molar-refractivity contribution in [2.75, 3.05) is 0 Å². The Kier molecular flexibility index (Phi) is 3.79. The van der Waals surface area contributed by atoms with Crippen LogP contribution in [0.5, 0.6) is 0 Å². The Bertz CT molecular complexity index is 1460. The van der Waals surface area contributed by atoms with Crippen LogP contribution in [-0.2, 0) is 4.74 Å².